The molecule has 2 N–H and O–H groups in total. The van der Waals surface area contributed by atoms with Gasteiger partial charge in [0.2, 0.25) is 5.91 Å². The Morgan fingerprint density at radius 2 is 2.35 bits per heavy atom. The number of nitrogens with one attached hydrogen (secondary N) is 2. The van der Waals surface area contributed by atoms with Crippen LogP contribution in [0.4, 0.5) is 10.1 Å². The predicted molar refractivity (Wildman–Crippen MR) is 79.4 cm³/mol. The molecule has 1 aromatic rings. The molecule has 0 bridgehead atoms. The smallest absolute Gasteiger partial charge is 0.224 e. The number of amides is 1. The molecule has 0 radical (unpaired) electrons. The summed E-state index contributed by atoms with van der Waals surface area (Å²) in [6, 6.07) is 4.04. The van der Waals surface area contributed by atoms with E-state index in [0.29, 0.717) is 23.9 Å². The van der Waals surface area contributed by atoms with Crippen LogP contribution < -0.4 is 10.6 Å². The average Bonchev–Trinajstić information content (AvgIpc) is 2.38. The summed E-state index contributed by atoms with van der Waals surface area (Å²) in [4.78, 5) is 12.0. The topological polar surface area (TPSA) is 41.1 Å². The summed E-state index contributed by atoms with van der Waals surface area (Å²) in [7, 11) is 0. The van der Waals surface area contributed by atoms with Crippen molar-refractivity contribution in [2.24, 2.45) is 11.8 Å². The number of hydrogen-bond acceptors (Lipinski definition) is 2. The first kappa shape index (κ1) is 15.3. The number of rotatable bonds is 4. The molecule has 5 heteroatoms. The van der Waals surface area contributed by atoms with Gasteiger partial charge >= 0.3 is 0 Å². The van der Waals surface area contributed by atoms with Crippen molar-refractivity contribution in [2.75, 3.05) is 18.4 Å². The van der Waals surface area contributed by atoms with Gasteiger partial charge in [0.25, 0.3) is 0 Å². The van der Waals surface area contributed by atoms with E-state index in [4.69, 9.17) is 11.6 Å². The fourth-order valence-electron chi connectivity index (χ4n) is 2.66. The SMILES string of the molecule is CC(CC(=O)Nc1cc(F)cc(Cl)c1)C1CCCNC1. The van der Waals surface area contributed by atoms with Crippen LogP contribution in [0.25, 0.3) is 0 Å². The van der Waals surface area contributed by atoms with Gasteiger partial charge in [-0.3, -0.25) is 4.79 Å². The van der Waals surface area contributed by atoms with Crippen molar-refractivity contribution in [1.29, 1.82) is 0 Å². The van der Waals surface area contributed by atoms with Crippen LogP contribution in [0.15, 0.2) is 18.2 Å². The third kappa shape index (κ3) is 4.46. The minimum Gasteiger partial charge on any atom is -0.326 e. The van der Waals surface area contributed by atoms with Crippen molar-refractivity contribution in [3.63, 3.8) is 0 Å². The van der Waals surface area contributed by atoms with E-state index in [-0.39, 0.29) is 10.9 Å². The fraction of sp³-hybridized carbons (Fsp3) is 0.533. The van der Waals surface area contributed by atoms with Gasteiger partial charge in [-0.15, -0.1) is 0 Å². The number of piperidine rings is 1. The van der Waals surface area contributed by atoms with E-state index in [2.05, 4.69) is 17.6 Å². The standard InChI is InChI=1S/C15H20ClFN2O/c1-10(11-3-2-4-18-9-11)5-15(20)19-14-7-12(16)6-13(17)8-14/h6-8,10-11,18H,2-5,9H2,1H3,(H,19,20). The number of carbonyl (C=O) groups excluding carboxylic acids is 1. The van der Waals surface area contributed by atoms with E-state index in [1.807, 2.05) is 0 Å². The van der Waals surface area contributed by atoms with Crippen LogP contribution in [0.3, 0.4) is 0 Å². The lowest BCUT2D eigenvalue weighted by atomic mass is 9.85. The highest BCUT2D eigenvalue weighted by Crippen LogP contribution is 2.24. The zero-order valence-corrected chi connectivity index (χ0v) is 12.3. The lowest BCUT2D eigenvalue weighted by molar-refractivity contribution is -0.117. The van der Waals surface area contributed by atoms with Crippen LogP contribution >= 0.6 is 11.6 Å². The average molecular weight is 299 g/mol. The Hall–Kier alpha value is -1.13. The maximum Gasteiger partial charge on any atom is 0.224 e. The van der Waals surface area contributed by atoms with Gasteiger partial charge in [-0.05, 0) is 56.0 Å². The van der Waals surface area contributed by atoms with Crippen molar-refractivity contribution in [3.8, 4) is 0 Å². The van der Waals surface area contributed by atoms with Gasteiger partial charge in [0.15, 0.2) is 0 Å². The molecule has 1 aliphatic heterocycles. The summed E-state index contributed by atoms with van der Waals surface area (Å²) >= 11 is 5.76. The molecular formula is C15H20ClFN2O. The predicted octanol–water partition coefficient (Wildman–Crippen LogP) is 3.44. The van der Waals surface area contributed by atoms with Crippen molar-refractivity contribution < 1.29 is 9.18 Å². The minimum absolute atomic E-state index is 0.0928. The molecule has 0 aliphatic carbocycles. The van der Waals surface area contributed by atoms with E-state index in [1.165, 1.54) is 12.1 Å². The van der Waals surface area contributed by atoms with E-state index in [9.17, 15) is 9.18 Å². The normalized spacial score (nSPS) is 20.4. The highest BCUT2D eigenvalue weighted by atomic mass is 35.5. The maximum atomic E-state index is 13.2. The van der Waals surface area contributed by atoms with E-state index in [0.717, 1.165) is 25.9 Å². The summed E-state index contributed by atoms with van der Waals surface area (Å²) in [5.41, 5.74) is 0.411. The Balaban J connectivity index is 1.88. The number of carbonyl (C=O) groups is 1. The summed E-state index contributed by atoms with van der Waals surface area (Å²) in [6.45, 7) is 4.13. The molecule has 0 spiro atoms. The van der Waals surface area contributed by atoms with Crippen molar-refractivity contribution in [2.45, 2.75) is 26.2 Å². The van der Waals surface area contributed by atoms with Gasteiger partial charge < -0.3 is 10.6 Å². The van der Waals surface area contributed by atoms with Crippen molar-refractivity contribution >= 4 is 23.2 Å². The third-order valence-electron chi connectivity index (χ3n) is 3.79. The molecule has 20 heavy (non-hydrogen) atoms. The number of benzene rings is 1. The first-order valence-corrected chi connectivity index (χ1v) is 7.39. The molecule has 1 saturated heterocycles. The van der Waals surface area contributed by atoms with Gasteiger partial charge in [-0.25, -0.2) is 4.39 Å². The molecule has 0 saturated carbocycles. The molecule has 1 amide bonds. The molecule has 1 fully saturated rings. The first-order valence-electron chi connectivity index (χ1n) is 7.01. The maximum absolute atomic E-state index is 13.2. The fourth-order valence-corrected chi connectivity index (χ4v) is 2.88. The zero-order valence-electron chi connectivity index (χ0n) is 11.6. The monoisotopic (exact) mass is 298 g/mol. The van der Waals surface area contributed by atoms with Crippen LogP contribution in [-0.4, -0.2) is 19.0 Å². The van der Waals surface area contributed by atoms with Crippen LogP contribution in [0, 0.1) is 17.7 Å². The Bertz CT molecular complexity index is 455. The van der Waals surface area contributed by atoms with Gasteiger partial charge in [-0.2, -0.15) is 0 Å². The first-order chi connectivity index (χ1) is 9.54. The highest BCUT2D eigenvalue weighted by Gasteiger charge is 2.22. The van der Waals surface area contributed by atoms with Crippen LogP contribution in [0.2, 0.25) is 5.02 Å². The molecular weight excluding hydrogens is 279 g/mol. The summed E-state index contributed by atoms with van der Waals surface area (Å²) in [5.74, 6) is 0.305. The quantitative estimate of drug-likeness (QED) is 0.894. The van der Waals surface area contributed by atoms with Gasteiger partial charge in [-0.1, -0.05) is 18.5 Å². The molecule has 0 aromatic heterocycles. The van der Waals surface area contributed by atoms with Gasteiger partial charge in [0.05, 0.1) is 0 Å². The van der Waals surface area contributed by atoms with Gasteiger partial charge in [0.1, 0.15) is 5.82 Å². The van der Waals surface area contributed by atoms with Crippen molar-refractivity contribution in [1.82, 2.24) is 5.32 Å². The molecule has 3 nitrogen and oxygen atoms in total. The molecule has 2 unspecified atom stereocenters. The van der Waals surface area contributed by atoms with Crippen LogP contribution in [-0.2, 0) is 4.79 Å². The lowest BCUT2D eigenvalue weighted by Gasteiger charge is -2.28. The highest BCUT2D eigenvalue weighted by molar-refractivity contribution is 6.30. The molecule has 2 rings (SSSR count). The van der Waals surface area contributed by atoms with E-state index < -0.39 is 5.82 Å². The molecule has 1 heterocycles. The number of halogens is 2. The lowest BCUT2D eigenvalue weighted by Crippen LogP contribution is -2.34. The second kappa shape index (κ2) is 7.04. The van der Waals surface area contributed by atoms with E-state index >= 15 is 0 Å². The molecule has 1 aliphatic rings. The second-order valence-electron chi connectivity index (χ2n) is 5.49. The number of anilines is 1. The van der Waals surface area contributed by atoms with Crippen LogP contribution in [0.5, 0.6) is 0 Å². The van der Waals surface area contributed by atoms with Gasteiger partial charge in [0, 0.05) is 17.1 Å². The molecule has 110 valence electrons. The summed E-state index contributed by atoms with van der Waals surface area (Å²) in [6.07, 6.45) is 2.77. The zero-order chi connectivity index (χ0) is 14.5. The molecule has 2 atom stereocenters. The number of hydrogen-bond donors (Lipinski definition) is 2. The third-order valence-corrected chi connectivity index (χ3v) is 4.01. The second-order valence-corrected chi connectivity index (χ2v) is 5.93. The molecule has 1 aromatic carbocycles. The Morgan fingerprint density at radius 1 is 1.55 bits per heavy atom. The summed E-state index contributed by atoms with van der Waals surface area (Å²) in [5, 5.41) is 6.35. The summed E-state index contributed by atoms with van der Waals surface area (Å²) < 4.78 is 13.2. The largest absolute Gasteiger partial charge is 0.326 e. The van der Waals surface area contributed by atoms with Crippen molar-refractivity contribution in [3.05, 3.63) is 29.0 Å². The Labute approximate surface area is 123 Å². The van der Waals surface area contributed by atoms with Crippen LogP contribution in [0.1, 0.15) is 26.2 Å². The Morgan fingerprint density at radius 3 is 3.00 bits per heavy atom. The van der Waals surface area contributed by atoms with E-state index in [1.54, 1.807) is 6.07 Å². The Kier molecular flexibility index (Phi) is 5.38. The minimum atomic E-state index is -0.447.